The first-order valence-electron chi connectivity index (χ1n) is 4.60. The van der Waals surface area contributed by atoms with Crippen molar-refractivity contribution >= 4 is 10.9 Å². The number of nitrogens with two attached hydrogens (primary N) is 1. The van der Waals surface area contributed by atoms with Gasteiger partial charge in [0.2, 0.25) is 5.88 Å². The molecule has 0 aliphatic carbocycles. The van der Waals surface area contributed by atoms with Gasteiger partial charge in [0.25, 0.3) is 0 Å². The maximum absolute atomic E-state index is 9.64. The smallest absolute Gasteiger partial charge is 0.229 e. The van der Waals surface area contributed by atoms with Crippen LogP contribution in [0.2, 0.25) is 0 Å². The minimum atomic E-state index is -0.267. The van der Waals surface area contributed by atoms with Crippen LogP contribution in [0.3, 0.4) is 0 Å². The third-order valence-corrected chi connectivity index (χ3v) is 2.42. The number of hydrogen-bond acceptors (Lipinski definition) is 4. The molecule has 5 N–H and O–H groups in total. The predicted octanol–water partition coefficient (Wildman–Crippen LogP) is 0.791. The summed E-state index contributed by atoms with van der Waals surface area (Å²) in [5, 5.41) is 29.3. The van der Waals surface area contributed by atoms with E-state index < -0.39 is 0 Å². The third-order valence-electron chi connectivity index (χ3n) is 2.42. The van der Waals surface area contributed by atoms with E-state index in [1.54, 1.807) is 12.1 Å². The maximum atomic E-state index is 9.64. The van der Waals surface area contributed by atoms with Crippen molar-refractivity contribution in [1.29, 1.82) is 0 Å². The number of nitrogens with zero attached hydrogens (tertiary/aromatic N) is 1. The van der Waals surface area contributed by atoms with Gasteiger partial charge in [0.15, 0.2) is 0 Å². The molecule has 0 amide bonds. The average molecular weight is 208 g/mol. The zero-order valence-corrected chi connectivity index (χ0v) is 8.01. The number of aromatic nitrogens is 1. The Hall–Kier alpha value is -1.88. The van der Waals surface area contributed by atoms with E-state index in [0.29, 0.717) is 34.2 Å². The second kappa shape index (κ2) is 3.36. The normalized spacial score (nSPS) is 11.0. The summed E-state index contributed by atoms with van der Waals surface area (Å²) in [6, 6.07) is 4.70. The van der Waals surface area contributed by atoms with Crippen LogP contribution in [-0.2, 0) is 6.42 Å². The Morgan fingerprint density at radius 3 is 2.67 bits per heavy atom. The Morgan fingerprint density at radius 2 is 2.00 bits per heavy atom. The number of fused-ring (bicyclic) bond motifs is 1. The SMILES string of the molecule is NCCc1c(O)n(O)c2cccc(O)c12. The Labute approximate surface area is 85.9 Å². The van der Waals surface area contributed by atoms with E-state index >= 15 is 0 Å². The minimum Gasteiger partial charge on any atom is -0.507 e. The fourth-order valence-corrected chi connectivity index (χ4v) is 1.75. The number of hydrogen-bond donors (Lipinski definition) is 4. The highest BCUT2D eigenvalue weighted by atomic mass is 16.5. The molecule has 15 heavy (non-hydrogen) atoms. The van der Waals surface area contributed by atoms with Crippen LogP contribution in [0.25, 0.3) is 10.9 Å². The van der Waals surface area contributed by atoms with Crippen LogP contribution in [-0.4, -0.2) is 26.7 Å². The van der Waals surface area contributed by atoms with Gasteiger partial charge in [0, 0.05) is 5.56 Å². The van der Waals surface area contributed by atoms with Gasteiger partial charge in [-0.2, -0.15) is 4.73 Å². The summed E-state index contributed by atoms with van der Waals surface area (Å²) in [6.07, 6.45) is 0.396. The van der Waals surface area contributed by atoms with Crippen LogP contribution in [0.5, 0.6) is 11.6 Å². The van der Waals surface area contributed by atoms with Crippen LogP contribution >= 0.6 is 0 Å². The Morgan fingerprint density at radius 1 is 1.27 bits per heavy atom. The molecular formula is C10H12N2O3. The van der Waals surface area contributed by atoms with E-state index in [2.05, 4.69) is 0 Å². The Bertz CT molecular complexity index is 505. The quantitative estimate of drug-likeness (QED) is 0.549. The number of benzene rings is 1. The minimum absolute atomic E-state index is 0.0269. The molecule has 5 nitrogen and oxygen atoms in total. The van der Waals surface area contributed by atoms with Crippen molar-refractivity contribution in [3.05, 3.63) is 23.8 Å². The molecule has 0 spiro atoms. The van der Waals surface area contributed by atoms with Gasteiger partial charge in [-0.3, -0.25) is 0 Å². The summed E-state index contributed by atoms with van der Waals surface area (Å²) in [6.45, 7) is 0.334. The molecular weight excluding hydrogens is 196 g/mol. The largest absolute Gasteiger partial charge is 0.507 e. The lowest BCUT2D eigenvalue weighted by Crippen LogP contribution is -2.02. The van der Waals surface area contributed by atoms with Gasteiger partial charge >= 0.3 is 0 Å². The van der Waals surface area contributed by atoms with Crippen LogP contribution in [0, 0.1) is 0 Å². The summed E-state index contributed by atoms with van der Waals surface area (Å²) < 4.78 is 0.653. The highest BCUT2D eigenvalue weighted by molar-refractivity contribution is 5.91. The molecule has 1 aromatic heterocycles. The summed E-state index contributed by atoms with van der Waals surface area (Å²) in [5.74, 6) is -0.240. The summed E-state index contributed by atoms with van der Waals surface area (Å²) in [5.41, 5.74) is 6.23. The zero-order chi connectivity index (χ0) is 11.0. The first-order chi connectivity index (χ1) is 7.16. The Kier molecular flexibility index (Phi) is 2.17. The average Bonchev–Trinajstić information content (AvgIpc) is 2.46. The van der Waals surface area contributed by atoms with E-state index in [-0.39, 0.29) is 11.6 Å². The number of rotatable bonds is 2. The van der Waals surface area contributed by atoms with Crippen LogP contribution in [0.1, 0.15) is 5.56 Å². The summed E-state index contributed by atoms with van der Waals surface area (Å²) in [4.78, 5) is 0. The van der Waals surface area contributed by atoms with Crippen molar-refractivity contribution in [3.8, 4) is 11.6 Å². The first-order valence-corrected chi connectivity index (χ1v) is 4.60. The monoisotopic (exact) mass is 208 g/mol. The molecule has 0 saturated carbocycles. The van der Waals surface area contributed by atoms with Gasteiger partial charge in [0.05, 0.1) is 10.9 Å². The van der Waals surface area contributed by atoms with Crippen LogP contribution in [0.15, 0.2) is 18.2 Å². The lowest BCUT2D eigenvalue weighted by molar-refractivity contribution is 0.166. The highest BCUT2D eigenvalue weighted by Gasteiger charge is 2.17. The van der Waals surface area contributed by atoms with Crippen molar-refractivity contribution in [1.82, 2.24) is 4.73 Å². The van der Waals surface area contributed by atoms with Gasteiger partial charge in [-0.1, -0.05) is 6.07 Å². The molecule has 0 aliphatic rings. The van der Waals surface area contributed by atoms with E-state index in [1.807, 2.05) is 0 Å². The van der Waals surface area contributed by atoms with Gasteiger partial charge in [0.1, 0.15) is 5.75 Å². The molecule has 0 saturated heterocycles. The summed E-state index contributed by atoms with van der Waals surface area (Å²) in [7, 11) is 0. The van der Waals surface area contributed by atoms with Gasteiger partial charge < -0.3 is 21.2 Å². The van der Waals surface area contributed by atoms with E-state index in [4.69, 9.17) is 5.73 Å². The van der Waals surface area contributed by atoms with Crippen LogP contribution < -0.4 is 5.73 Å². The molecule has 0 fully saturated rings. The first kappa shape index (κ1) is 9.67. The summed E-state index contributed by atoms with van der Waals surface area (Å²) >= 11 is 0. The second-order valence-electron chi connectivity index (χ2n) is 3.32. The molecule has 0 radical (unpaired) electrons. The van der Waals surface area contributed by atoms with Crippen molar-refractivity contribution < 1.29 is 15.4 Å². The molecule has 0 bridgehead atoms. The molecule has 1 aromatic carbocycles. The van der Waals surface area contributed by atoms with Crippen molar-refractivity contribution in [2.24, 2.45) is 5.73 Å². The zero-order valence-electron chi connectivity index (χ0n) is 8.01. The molecule has 2 aromatic rings. The third kappa shape index (κ3) is 1.28. The maximum Gasteiger partial charge on any atom is 0.229 e. The predicted molar refractivity (Wildman–Crippen MR) is 55.2 cm³/mol. The van der Waals surface area contributed by atoms with Crippen molar-refractivity contribution in [2.45, 2.75) is 6.42 Å². The van der Waals surface area contributed by atoms with Gasteiger partial charge in [-0.05, 0) is 25.1 Å². The van der Waals surface area contributed by atoms with Crippen molar-refractivity contribution in [3.63, 3.8) is 0 Å². The molecule has 0 unspecified atom stereocenters. The lowest BCUT2D eigenvalue weighted by atomic mass is 10.1. The van der Waals surface area contributed by atoms with Crippen LogP contribution in [0.4, 0.5) is 0 Å². The highest BCUT2D eigenvalue weighted by Crippen LogP contribution is 2.35. The van der Waals surface area contributed by atoms with E-state index in [1.165, 1.54) is 6.07 Å². The topological polar surface area (TPSA) is 91.6 Å². The Balaban J connectivity index is 2.82. The number of phenolic OH excluding ortho intramolecular Hbond substituents is 1. The standard InChI is InChI=1S/C10H12N2O3/c11-5-4-6-9-7(12(15)10(6)14)2-1-3-8(9)13/h1-3,13-15H,4-5,11H2. The fourth-order valence-electron chi connectivity index (χ4n) is 1.75. The van der Waals surface area contributed by atoms with Gasteiger partial charge in [-0.25, -0.2) is 0 Å². The molecule has 2 rings (SSSR count). The second-order valence-corrected chi connectivity index (χ2v) is 3.32. The van der Waals surface area contributed by atoms with Gasteiger partial charge in [-0.15, -0.1) is 0 Å². The molecule has 0 atom stereocenters. The van der Waals surface area contributed by atoms with E-state index in [0.717, 1.165) is 0 Å². The van der Waals surface area contributed by atoms with Crippen molar-refractivity contribution in [2.75, 3.05) is 6.54 Å². The molecule has 80 valence electrons. The lowest BCUT2D eigenvalue weighted by Gasteiger charge is -1.98. The number of aromatic hydroxyl groups is 2. The molecule has 0 aliphatic heterocycles. The fraction of sp³-hybridized carbons (Fsp3) is 0.200. The molecule has 5 heteroatoms. The number of phenols is 1. The van der Waals surface area contributed by atoms with E-state index in [9.17, 15) is 15.4 Å². The molecule has 1 heterocycles.